The maximum absolute atomic E-state index is 4.21. The second-order valence-corrected chi connectivity index (χ2v) is 3.26. The van der Waals surface area contributed by atoms with Gasteiger partial charge in [-0.3, -0.25) is 0 Å². The summed E-state index contributed by atoms with van der Waals surface area (Å²) in [5.41, 5.74) is 1.08. The number of nitrogens with zero attached hydrogens (tertiary/aromatic N) is 2. The molecular formula is C11H18N4. The van der Waals surface area contributed by atoms with E-state index < -0.39 is 0 Å². The van der Waals surface area contributed by atoms with E-state index in [1.807, 2.05) is 18.5 Å². The molecule has 0 saturated heterocycles. The molecule has 0 amide bonds. The van der Waals surface area contributed by atoms with Gasteiger partial charge in [0.1, 0.15) is 0 Å². The smallest absolute Gasteiger partial charge is 0.222 e. The number of aromatic nitrogens is 2. The molecule has 0 atom stereocenters. The highest BCUT2D eigenvalue weighted by Gasteiger charge is 1.95. The molecule has 0 aliphatic rings. The van der Waals surface area contributed by atoms with E-state index >= 15 is 0 Å². The summed E-state index contributed by atoms with van der Waals surface area (Å²) in [6.07, 6.45) is 6.58. The van der Waals surface area contributed by atoms with Crippen molar-refractivity contribution < 1.29 is 0 Å². The molecular weight excluding hydrogens is 188 g/mol. The predicted octanol–water partition coefficient (Wildman–Crippen LogP) is 1.57. The van der Waals surface area contributed by atoms with E-state index in [9.17, 15) is 0 Å². The maximum atomic E-state index is 4.21. The lowest BCUT2D eigenvalue weighted by atomic mass is 10.3. The monoisotopic (exact) mass is 206 g/mol. The Bertz CT molecular complexity index is 281. The molecule has 0 aromatic carbocycles. The Morgan fingerprint density at radius 3 is 2.73 bits per heavy atom. The van der Waals surface area contributed by atoms with Gasteiger partial charge in [0.25, 0.3) is 0 Å². The third-order valence-corrected chi connectivity index (χ3v) is 1.86. The summed E-state index contributed by atoms with van der Waals surface area (Å²) in [4.78, 5) is 8.41. The Morgan fingerprint density at radius 2 is 2.13 bits per heavy atom. The number of hydrogen-bond acceptors (Lipinski definition) is 4. The lowest BCUT2D eigenvalue weighted by Crippen LogP contribution is -2.13. The molecule has 1 heterocycles. The first-order valence-corrected chi connectivity index (χ1v) is 5.23. The zero-order valence-corrected chi connectivity index (χ0v) is 9.16. The SMILES string of the molecule is C=CCNCc1cnc(NCCC)nc1. The Morgan fingerprint density at radius 1 is 1.40 bits per heavy atom. The van der Waals surface area contributed by atoms with Crippen molar-refractivity contribution in [2.24, 2.45) is 0 Å². The summed E-state index contributed by atoms with van der Waals surface area (Å²) in [5.74, 6) is 0.698. The van der Waals surface area contributed by atoms with Crippen molar-refractivity contribution in [2.45, 2.75) is 19.9 Å². The molecule has 0 bridgehead atoms. The van der Waals surface area contributed by atoms with Gasteiger partial charge >= 0.3 is 0 Å². The summed E-state index contributed by atoms with van der Waals surface area (Å²) < 4.78 is 0. The van der Waals surface area contributed by atoms with Crippen molar-refractivity contribution >= 4 is 5.95 Å². The van der Waals surface area contributed by atoms with Crippen LogP contribution in [0.3, 0.4) is 0 Å². The fourth-order valence-corrected chi connectivity index (χ4v) is 1.09. The van der Waals surface area contributed by atoms with Gasteiger partial charge in [0.15, 0.2) is 0 Å². The van der Waals surface area contributed by atoms with Crippen LogP contribution >= 0.6 is 0 Å². The largest absolute Gasteiger partial charge is 0.354 e. The van der Waals surface area contributed by atoms with Crippen LogP contribution in [-0.2, 0) is 6.54 Å². The minimum Gasteiger partial charge on any atom is -0.354 e. The molecule has 15 heavy (non-hydrogen) atoms. The zero-order valence-electron chi connectivity index (χ0n) is 9.16. The quantitative estimate of drug-likeness (QED) is 0.525. The van der Waals surface area contributed by atoms with Crippen molar-refractivity contribution in [3.63, 3.8) is 0 Å². The second-order valence-electron chi connectivity index (χ2n) is 3.26. The minimum absolute atomic E-state index is 0.698. The summed E-state index contributed by atoms with van der Waals surface area (Å²) in [7, 11) is 0. The number of rotatable bonds is 7. The summed E-state index contributed by atoms with van der Waals surface area (Å²) in [6, 6.07) is 0. The molecule has 0 unspecified atom stereocenters. The first-order valence-electron chi connectivity index (χ1n) is 5.23. The van der Waals surface area contributed by atoms with E-state index in [0.29, 0.717) is 5.95 Å². The minimum atomic E-state index is 0.698. The topological polar surface area (TPSA) is 49.8 Å². The highest BCUT2D eigenvalue weighted by Crippen LogP contribution is 1.99. The van der Waals surface area contributed by atoms with Crippen molar-refractivity contribution in [1.29, 1.82) is 0 Å². The van der Waals surface area contributed by atoms with Crippen LogP contribution in [0.2, 0.25) is 0 Å². The van der Waals surface area contributed by atoms with Gasteiger partial charge < -0.3 is 10.6 Å². The third-order valence-electron chi connectivity index (χ3n) is 1.86. The molecule has 4 nitrogen and oxygen atoms in total. The first kappa shape index (κ1) is 11.7. The molecule has 1 aromatic rings. The van der Waals surface area contributed by atoms with Gasteiger partial charge in [-0.25, -0.2) is 9.97 Å². The maximum Gasteiger partial charge on any atom is 0.222 e. The van der Waals surface area contributed by atoms with E-state index in [4.69, 9.17) is 0 Å². The number of nitrogens with one attached hydrogen (secondary N) is 2. The number of anilines is 1. The van der Waals surface area contributed by atoms with Gasteiger partial charge in [0.05, 0.1) is 0 Å². The Kier molecular flexibility index (Phi) is 5.40. The summed E-state index contributed by atoms with van der Waals surface area (Å²) in [6.45, 7) is 8.24. The molecule has 1 aromatic heterocycles. The predicted molar refractivity (Wildman–Crippen MR) is 62.7 cm³/mol. The molecule has 0 aliphatic carbocycles. The van der Waals surface area contributed by atoms with Crippen LogP contribution in [0.4, 0.5) is 5.95 Å². The van der Waals surface area contributed by atoms with E-state index in [-0.39, 0.29) is 0 Å². The highest BCUT2D eigenvalue weighted by atomic mass is 15.1. The van der Waals surface area contributed by atoms with Gasteiger partial charge in [0, 0.05) is 37.6 Å². The van der Waals surface area contributed by atoms with Gasteiger partial charge in [-0.05, 0) is 6.42 Å². The van der Waals surface area contributed by atoms with Crippen molar-refractivity contribution in [3.05, 3.63) is 30.6 Å². The second kappa shape index (κ2) is 6.95. The Hall–Kier alpha value is -1.42. The lowest BCUT2D eigenvalue weighted by Gasteiger charge is -2.04. The van der Waals surface area contributed by atoms with Crippen LogP contribution < -0.4 is 10.6 Å². The average Bonchev–Trinajstić information content (AvgIpc) is 2.28. The molecule has 1 rings (SSSR count). The molecule has 0 aliphatic heterocycles. The van der Waals surface area contributed by atoms with Crippen LogP contribution in [0.5, 0.6) is 0 Å². The standard InChI is InChI=1S/C11H18N4/c1-3-5-12-7-10-8-14-11(15-9-10)13-6-4-2/h3,8-9,12H,1,4-7H2,2H3,(H,13,14,15). The van der Waals surface area contributed by atoms with E-state index in [1.165, 1.54) is 0 Å². The van der Waals surface area contributed by atoms with Crippen molar-refractivity contribution in [2.75, 3.05) is 18.4 Å². The van der Waals surface area contributed by atoms with E-state index in [1.54, 1.807) is 0 Å². The Labute approximate surface area is 90.8 Å². The van der Waals surface area contributed by atoms with Gasteiger partial charge in [0.2, 0.25) is 5.95 Å². The molecule has 0 spiro atoms. The van der Waals surface area contributed by atoms with Crippen LogP contribution in [0.25, 0.3) is 0 Å². The number of hydrogen-bond donors (Lipinski definition) is 2. The molecule has 2 N–H and O–H groups in total. The molecule has 0 radical (unpaired) electrons. The molecule has 0 fully saturated rings. The van der Waals surface area contributed by atoms with Crippen LogP contribution in [0.1, 0.15) is 18.9 Å². The first-order chi connectivity index (χ1) is 7.36. The van der Waals surface area contributed by atoms with Crippen LogP contribution in [0, 0.1) is 0 Å². The summed E-state index contributed by atoms with van der Waals surface area (Å²) in [5, 5.41) is 6.33. The lowest BCUT2D eigenvalue weighted by molar-refractivity contribution is 0.753. The molecule has 4 heteroatoms. The molecule has 0 saturated carbocycles. The average molecular weight is 206 g/mol. The van der Waals surface area contributed by atoms with E-state index in [2.05, 4.69) is 34.1 Å². The van der Waals surface area contributed by atoms with Gasteiger partial charge in [-0.2, -0.15) is 0 Å². The highest BCUT2D eigenvalue weighted by molar-refractivity contribution is 5.24. The van der Waals surface area contributed by atoms with Gasteiger partial charge in [-0.1, -0.05) is 13.0 Å². The van der Waals surface area contributed by atoms with Crippen LogP contribution in [-0.4, -0.2) is 23.1 Å². The Balaban J connectivity index is 2.38. The van der Waals surface area contributed by atoms with Gasteiger partial charge in [-0.15, -0.1) is 6.58 Å². The van der Waals surface area contributed by atoms with Crippen molar-refractivity contribution in [1.82, 2.24) is 15.3 Å². The van der Waals surface area contributed by atoms with Crippen molar-refractivity contribution in [3.8, 4) is 0 Å². The fourth-order valence-electron chi connectivity index (χ4n) is 1.09. The third kappa shape index (κ3) is 4.56. The zero-order chi connectivity index (χ0) is 10.9. The fraction of sp³-hybridized carbons (Fsp3) is 0.455. The van der Waals surface area contributed by atoms with E-state index in [0.717, 1.165) is 31.6 Å². The normalized spacial score (nSPS) is 9.93. The molecule has 82 valence electrons. The van der Waals surface area contributed by atoms with Crippen LogP contribution in [0.15, 0.2) is 25.0 Å². The summed E-state index contributed by atoms with van der Waals surface area (Å²) >= 11 is 0.